The number of carbonyl (C=O) groups excluding carboxylic acids is 1. The predicted molar refractivity (Wildman–Crippen MR) is 110 cm³/mol. The van der Waals surface area contributed by atoms with Gasteiger partial charge < -0.3 is 5.32 Å². The number of hydrogen-bond donors (Lipinski definition) is 1. The Hall–Kier alpha value is -3.69. The molecule has 1 amide bonds. The first kappa shape index (κ1) is 17.7. The van der Waals surface area contributed by atoms with E-state index in [-0.39, 0.29) is 5.91 Å². The van der Waals surface area contributed by atoms with E-state index in [0.29, 0.717) is 29.1 Å². The maximum atomic E-state index is 13.0. The zero-order chi connectivity index (χ0) is 19.3. The second-order valence-corrected chi connectivity index (χ2v) is 7.15. The summed E-state index contributed by atoms with van der Waals surface area (Å²) in [6, 6.07) is 22.8. The van der Waals surface area contributed by atoms with Crippen molar-refractivity contribution in [3.05, 3.63) is 95.0 Å². The van der Waals surface area contributed by atoms with Crippen molar-refractivity contribution in [2.45, 2.75) is 6.54 Å². The van der Waals surface area contributed by atoms with E-state index in [1.807, 2.05) is 47.8 Å². The van der Waals surface area contributed by atoms with Crippen molar-refractivity contribution in [3.63, 3.8) is 0 Å². The molecule has 0 saturated heterocycles. The zero-order valence-electron chi connectivity index (χ0n) is 14.9. The molecular weight excluding hydrogens is 368 g/mol. The minimum atomic E-state index is -0.252. The van der Waals surface area contributed by atoms with Crippen LogP contribution in [0, 0.1) is 11.3 Å². The first-order valence-electron chi connectivity index (χ1n) is 8.70. The van der Waals surface area contributed by atoms with E-state index < -0.39 is 0 Å². The fraction of sp³-hybridized carbons (Fsp3) is 0.0455. The van der Waals surface area contributed by atoms with Crippen molar-refractivity contribution in [2.75, 3.05) is 5.32 Å². The molecule has 28 heavy (non-hydrogen) atoms. The van der Waals surface area contributed by atoms with Gasteiger partial charge in [0.1, 0.15) is 5.69 Å². The molecule has 0 spiro atoms. The monoisotopic (exact) mass is 384 g/mol. The number of anilines is 1. The highest BCUT2D eigenvalue weighted by molar-refractivity contribution is 7.13. The number of thiophene rings is 1. The number of nitrogens with one attached hydrogen (secondary N) is 1. The maximum Gasteiger partial charge on any atom is 0.259 e. The van der Waals surface area contributed by atoms with Crippen molar-refractivity contribution in [1.29, 1.82) is 5.26 Å². The molecule has 4 aromatic rings. The zero-order valence-corrected chi connectivity index (χ0v) is 15.7. The van der Waals surface area contributed by atoms with Crippen molar-refractivity contribution >= 4 is 22.9 Å². The summed E-state index contributed by atoms with van der Waals surface area (Å²) in [5.74, 6) is -0.252. The molecule has 5 nitrogen and oxygen atoms in total. The van der Waals surface area contributed by atoms with Gasteiger partial charge in [-0.3, -0.25) is 9.48 Å². The molecule has 136 valence electrons. The molecule has 1 N–H and O–H groups in total. The van der Waals surface area contributed by atoms with Gasteiger partial charge in [0, 0.05) is 11.9 Å². The van der Waals surface area contributed by atoms with Gasteiger partial charge in [0.15, 0.2) is 0 Å². The van der Waals surface area contributed by atoms with Crippen molar-refractivity contribution in [2.24, 2.45) is 0 Å². The van der Waals surface area contributed by atoms with Gasteiger partial charge in [0.25, 0.3) is 5.91 Å². The van der Waals surface area contributed by atoms with E-state index in [2.05, 4.69) is 16.5 Å². The molecule has 0 fully saturated rings. The molecular formula is C22H16N4OS. The molecule has 0 aliphatic heterocycles. The molecule has 2 heterocycles. The molecule has 0 aliphatic carbocycles. The average Bonchev–Trinajstić information content (AvgIpc) is 3.38. The van der Waals surface area contributed by atoms with E-state index in [1.54, 1.807) is 46.5 Å². The number of nitriles is 1. The van der Waals surface area contributed by atoms with Crippen LogP contribution >= 0.6 is 11.3 Å². The number of hydrogen-bond acceptors (Lipinski definition) is 4. The molecule has 6 heteroatoms. The van der Waals surface area contributed by atoms with Gasteiger partial charge in [-0.15, -0.1) is 11.3 Å². The number of nitrogens with zero attached hydrogens (tertiary/aromatic N) is 3. The highest BCUT2D eigenvalue weighted by atomic mass is 32.1. The Labute approximate surface area is 166 Å². The third kappa shape index (κ3) is 3.85. The van der Waals surface area contributed by atoms with Crippen molar-refractivity contribution < 1.29 is 4.79 Å². The summed E-state index contributed by atoms with van der Waals surface area (Å²) in [4.78, 5) is 13.9. The van der Waals surface area contributed by atoms with E-state index in [1.165, 1.54) is 0 Å². The predicted octanol–water partition coefficient (Wildman–Crippen LogP) is 4.78. The quantitative estimate of drug-likeness (QED) is 0.538. The van der Waals surface area contributed by atoms with Crippen LogP contribution in [0.1, 0.15) is 21.5 Å². The molecule has 0 bridgehead atoms. The summed E-state index contributed by atoms with van der Waals surface area (Å²) in [5, 5.41) is 18.5. The number of aromatic nitrogens is 2. The number of rotatable bonds is 5. The Morgan fingerprint density at radius 1 is 1.11 bits per heavy atom. The summed E-state index contributed by atoms with van der Waals surface area (Å²) < 4.78 is 1.78. The molecule has 0 aliphatic rings. The Balaban J connectivity index is 1.66. The minimum absolute atomic E-state index is 0.252. The van der Waals surface area contributed by atoms with Crippen LogP contribution in [0.25, 0.3) is 10.6 Å². The third-order valence-corrected chi connectivity index (χ3v) is 5.07. The van der Waals surface area contributed by atoms with E-state index in [4.69, 9.17) is 5.26 Å². The standard InChI is InChI=1S/C22H16N4OS/c23-13-17-8-4-9-18(12-17)24-22(27)19-15-26(14-16-6-2-1-3-7-16)25-21(19)20-10-5-11-28-20/h1-12,15H,14H2,(H,24,27). The Morgan fingerprint density at radius 2 is 1.96 bits per heavy atom. The summed E-state index contributed by atoms with van der Waals surface area (Å²) in [6.07, 6.45) is 1.77. The van der Waals surface area contributed by atoms with Gasteiger partial charge in [-0.25, -0.2) is 0 Å². The molecule has 0 saturated carbocycles. The van der Waals surface area contributed by atoms with Crippen LogP contribution in [0.4, 0.5) is 5.69 Å². The first-order valence-corrected chi connectivity index (χ1v) is 9.57. The molecule has 0 unspecified atom stereocenters. The van der Waals surface area contributed by atoms with Crippen LogP contribution in [0.2, 0.25) is 0 Å². The van der Waals surface area contributed by atoms with Crippen LogP contribution in [-0.2, 0) is 6.54 Å². The van der Waals surface area contributed by atoms with Crippen LogP contribution in [0.3, 0.4) is 0 Å². The third-order valence-electron chi connectivity index (χ3n) is 4.20. The first-order chi connectivity index (χ1) is 13.7. The van der Waals surface area contributed by atoms with Crippen LogP contribution in [0.15, 0.2) is 78.3 Å². The van der Waals surface area contributed by atoms with Gasteiger partial charge in [0.2, 0.25) is 0 Å². The molecule has 2 aromatic carbocycles. The van der Waals surface area contributed by atoms with Gasteiger partial charge in [-0.1, -0.05) is 42.5 Å². The van der Waals surface area contributed by atoms with Gasteiger partial charge in [0.05, 0.1) is 28.6 Å². The van der Waals surface area contributed by atoms with E-state index in [9.17, 15) is 4.79 Å². The Bertz CT molecular complexity index is 1140. The second kappa shape index (κ2) is 7.91. The van der Waals surface area contributed by atoms with Crippen LogP contribution in [-0.4, -0.2) is 15.7 Å². The largest absolute Gasteiger partial charge is 0.322 e. The Kier molecular flexibility index (Phi) is 5.00. The number of benzene rings is 2. The topological polar surface area (TPSA) is 70.7 Å². The lowest BCUT2D eigenvalue weighted by Gasteiger charge is -2.05. The SMILES string of the molecule is N#Cc1cccc(NC(=O)c2cn(Cc3ccccc3)nc2-c2cccs2)c1. The van der Waals surface area contributed by atoms with Crippen molar-refractivity contribution in [1.82, 2.24) is 9.78 Å². The lowest BCUT2D eigenvalue weighted by Crippen LogP contribution is -2.12. The Morgan fingerprint density at radius 3 is 2.71 bits per heavy atom. The smallest absolute Gasteiger partial charge is 0.259 e. The lowest BCUT2D eigenvalue weighted by molar-refractivity contribution is 0.102. The van der Waals surface area contributed by atoms with E-state index in [0.717, 1.165) is 10.4 Å². The van der Waals surface area contributed by atoms with E-state index >= 15 is 0 Å². The number of amides is 1. The highest BCUT2D eigenvalue weighted by Crippen LogP contribution is 2.27. The van der Waals surface area contributed by atoms with Crippen molar-refractivity contribution in [3.8, 4) is 16.6 Å². The normalized spacial score (nSPS) is 10.4. The maximum absolute atomic E-state index is 13.0. The van der Waals surface area contributed by atoms with Crippen LogP contribution < -0.4 is 5.32 Å². The molecule has 2 aromatic heterocycles. The minimum Gasteiger partial charge on any atom is -0.322 e. The van der Waals surface area contributed by atoms with Gasteiger partial charge >= 0.3 is 0 Å². The van der Waals surface area contributed by atoms with Gasteiger partial charge in [-0.2, -0.15) is 10.4 Å². The molecule has 0 radical (unpaired) electrons. The molecule has 0 atom stereocenters. The number of carbonyl (C=O) groups is 1. The average molecular weight is 384 g/mol. The highest BCUT2D eigenvalue weighted by Gasteiger charge is 2.19. The fourth-order valence-corrected chi connectivity index (χ4v) is 3.62. The second-order valence-electron chi connectivity index (χ2n) is 6.20. The fourth-order valence-electron chi connectivity index (χ4n) is 2.90. The summed E-state index contributed by atoms with van der Waals surface area (Å²) in [7, 11) is 0. The summed E-state index contributed by atoms with van der Waals surface area (Å²) in [5.41, 5.74) is 3.34. The summed E-state index contributed by atoms with van der Waals surface area (Å²) >= 11 is 1.54. The van der Waals surface area contributed by atoms with Crippen LogP contribution in [0.5, 0.6) is 0 Å². The lowest BCUT2D eigenvalue weighted by atomic mass is 10.2. The summed E-state index contributed by atoms with van der Waals surface area (Å²) in [6.45, 7) is 0.580. The molecule has 4 rings (SSSR count). The van der Waals surface area contributed by atoms with Gasteiger partial charge in [-0.05, 0) is 35.2 Å².